The van der Waals surface area contributed by atoms with E-state index in [1.165, 1.54) is 10.9 Å². The minimum atomic E-state index is -0.858. The van der Waals surface area contributed by atoms with Crippen LogP contribution in [0.2, 0.25) is 0 Å². The van der Waals surface area contributed by atoms with Crippen molar-refractivity contribution >= 4 is 44.9 Å². The fraction of sp³-hybridized carbons (Fsp3) is 0.423. The van der Waals surface area contributed by atoms with Crippen LogP contribution < -0.4 is 15.6 Å². The first-order chi connectivity index (χ1) is 17.2. The van der Waals surface area contributed by atoms with E-state index in [4.69, 9.17) is 9.47 Å². The molecule has 1 aliphatic heterocycles. The van der Waals surface area contributed by atoms with Crippen LogP contribution in [-0.4, -0.2) is 39.4 Å². The van der Waals surface area contributed by atoms with E-state index in [2.05, 4.69) is 10.3 Å². The number of ketones is 1. The van der Waals surface area contributed by atoms with Gasteiger partial charge < -0.3 is 14.8 Å². The highest BCUT2D eigenvalue weighted by Crippen LogP contribution is 2.32. The van der Waals surface area contributed by atoms with Crippen molar-refractivity contribution in [2.75, 3.05) is 5.32 Å². The quantitative estimate of drug-likeness (QED) is 0.400. The average Bonchev–Trinajstić information content (AvgIpc) is 3.21. The van der Waals surface area contributed by atoms with Crippen LogP contribution in [0.4, 0.5) is 5.69 Å². The van der Waals surface area contributed by atoms with E-state index >= 15 is 0 Å². The maximum Gasteiger partial charge on any atom is 0.348 e. The van der Waals surface area contributed by atoms with E-state index in [0.29, 0.717) is 37.7 Å². The molecule has 2 aliphatic rings. The minimum absolute atomic E-state index is 0.0897. The topological polar surface area (TPSA) is 117 Å². The Kier molecular flexibility index (Phi) is 6.38. The van der Waals surface area contributed by atoms with Crippen molar-refractivity contribution in [1.29, 1.82) is 0 Å². The summed E-state index contributed by atoms with van der Waals surface area (Å²) in [6.45, 7) is 4.97. The number of benzene rings is 1. The summed E-state index contributed by atoms with van der Waals surface area (Å²) < 4.78 is 12.5. The number of rotatable bonds is 5. The van der Waals surface area contributed by atoms with Crippen LogP contribution in [0.1, 0.15) is 77.6 Å². The number of aryl methyl sites for hydroxylation is 1. The molecule has 1 N–H and O–H groups in total. The molecule has 0 spiro atoms. The zero-order valence-electron chi connectivity index (χ0n) is 20.3. The number of ether oxygens (including phenoxy) is 2. The van der Waals surface area contributed by atoms with Gasteiger partial charge in [0.05, 0.1) is 23.4 Å². The van der Waals surface area contributed by atoms with Crippen LogP contribution in [0.5, 0.6) is 5.75 Å². The Balaban J connectivity index is 1.42. The van der Waals surface area contributed by atoms with Gasteiger partial charge in [0.1, 0.15) is 21.6 Å². The molecule has 3 aromatic rings. The minimum Gasteiger partial charge on any atom is -0.479 e. The third kappa shape index (κ3) is 4.30. The predicted molar refractivity (Wildman–Crippen MR) is 135 cm³/mol. The highest BCUT2D eigenvalue weighted by atomic mass is 32.1. The normalized spacial score (nSPS) is 18.8. The van der Waals surface area contributed by atoms with Crippen molar-refractivity contribution in [3.63, 3.8) is 0 Å². The molecule has 188 valence electrons. The second kappa shape index (κ2) is 9.50. The van der Waals surface area contributed by atoms with Gasteiger partial charge in [-0.15, -0.1) is 11.3 Å². The molecule has 9 nitrogen and oxygen atoms in total. The zero-order valence-corrected chi connectivity index (χ0v) is 21.1. The predicted octanol–water partition coefficient (Wildman–Crippen LogP) is 4.42. The Bertz CT molecular complexity index is 1440. The third-order valence-corrected chi connectivity index (χ3v) is 8.06. The van der Waals surface area contributed by atoms with Gasteiger partial charge in [0.2, 0.25) is 0 Å². The number of thiophene rings is 1. The largest absolute Gasteiger partial charge is 0.479 e. The Morgan fingerprint density at radius 2 is 1.97 bits per heavy atom. The Hall–Kier alpha value is -3.53. The number of esters is 1. The van der Waals surface area contributed by atoms with Crippen LogP contribution >= 0.6 is 11.3 Å². The molecule has 3 heterocycles. The Labute approximate surface area is 211 Å². The standard InChI is InChI=1S/C26H27N3O6S/c1-13-20-24(36-22(13)26(33)35-17-7-5-4-6-8-17)27-12-29(25(20)32)14(2)21(30)16-9-10-19-18(11-16)28-23(31)15(3)34-19/h9-12,14-15,17H,4-8H2,1-3H3,(H,28,31). The van der Waals surface area contributed by atoms with Crippen molar-refractivity contribution in [2.24, 2.45) is 0 Å². The lowest BCUT2D eigenvalue weighted by Crippen LogP contribution is -2.34. The highest BCUT2D eigenvalue weighted by Gasteiger charge is 2.28. The number of hydrogen-bond acceptors (Lipinski definition) is 8. The molecule has 1 aromatic carbocycles. The number of anilines is 1. The second-order valence-electron chi connectivity index (χ2n) is 9.36. The van der Waals surface area contributed by atoms with Gasteiger partial charge in [0, 0.05) is 5.56 Å². The Morgan fingerprint density at radius 3 is 2.72 bits per heavy atom. The van der Waals surface area contributed by atoms with Gasteiger partial charge in [0.25, 0.3) is 11.5 Å². The molecule has 2 aromatic heterocycles. The molecule has 1 amide bonds. The fourth-order valence-electron chi connectivity index (χ4n) is 4.73. The molecule has 0 radical (unpaired) electrons. The number of Topliss-reactive ketones (excluding diaryl/α,β-unsaturated/α-hetero) is 1. The number of nitrogens with zero attached hydrogens (tertiary/aromatic N) is 2. The summed E-state index contributed by atoms with van der Waals surface area (Å²) in [6, 6.07) is 3.92. The van der Waals surface area contributed by atoms with Crippen molar-refractivity contribution in [2.45, 2.75) is 71.1 Å². The molecular weight excluding hydrogens is 482 g/mol. The maximum atomic E-state index is 13.4. The number of fused-ring (bicyclic) bond motifs is 2. The van der Waals surface area contributed by atoms with E-state index < -0.39 is 23.7 Å². The van der Waals surface area contributed by atoms with Crippen LogP contribution in [-0.2, 0) is 9.53 Å². The van der Waals surface area contributed by atoms with Crippen LogP contribution in [0.3, 0.4) is 0 Å². The molecule has 0 bridgehead atoms. The third-order valence-electron chi connectivity index (χ3n) is 6.88. The molecule has 36 heavy (non-hydrogen) atoms. The Morgan fingerprint density at radius 1 is 1.22 bits per heavy atom. The van der Waals surface area contributed by atoms with Crippen molar-refractivity contribution in [3.05, 3.63) is 50.9 Å². The van der Waals surface area contributed by atoms with E-state index in [-0.39, 0.29) is 17.8 Å². The van der Waals surface area contributed by atoms with Gasteiger partial charge in [-0.3, -0.25) is 19.0 Å². The highest BCUT2D eigenvalue weighted by molar-refractivity contribution is 7.20. The summed E-state index contributed by atoms with van der Waals surface area (Å²) in [6.07, 6.45) is 5.60. The number of amides is 1. The maximum absolute atomic E-state index is 13.4. The zero-order chi connectivity index (χ0) is 25.6. The lowest BCUT2D eigenvalue weighted by Gasteiger charge is -2.24. The summed E-state index contributed by atoms with van der Waals surface area (Å²) in [5.41, 5.74) is 0.858. The van der Waals surface area contributed by atoms with Crippen LogP contribution in [0.25, 0.3) is 10.2 Å². The lowest BCUT2D eigenvalue weighted by atomic mass is 9.98. The van der Waals surface area contributed by atoms with E-state index in [9.17, 15) is 19.2 Å². The van der Waals surface area contributed by atoms with Crippen LogP contribution in [0.15, 0.2) is 29.3 Å². The number of hydrogen-bond donors (Lipinski definition) is 1. The van der Waals surface area contributed by atoms with Crippen molar-refractivity contribution < 1.29 is 23.9 Å². The summed E-state index contributed by atoms with van der Waals surface area (Å²) in [4.78, 5) is 56.7. The summed E-state index contributed by atoms with van der Waals surface area (Å²) in [5.74, 6) is -0.561. The van der Waals surface area contributed by atoms with Gasteiger partial charge in [-0.1, -0.05) is 6.42 Å². The number of aromatic nitrogens is 2. The smallest absolute Gasteiger partial charge is 0.348 e. The first-order valence-corrected chi connectivity index (χ1v) is 12.9. The molecule has 2 unspecified atom stereocenters. The SMILES string of the molecule is Cc1c(C(=O)OC2CCCCC2)sc2ncn(C(C)C(=O)c3ccc4c(c3)NC(=O)C(C)O4)c(=O)c12. The molecule has 10 heteroatoms. The van der Waals surface area contributed by atoms with Crippen LogP contribution in [0, 0.1) is 6.92 Å². The lowest BCUT2D eigenvalue weighted by molar-refractivity contribution is -0.122. The van der Waals surface area contributed by atoms with Gasteiger partial charge >= 0.3 is 5.97 Å². The van der Waals surface area contributed by atoms with Gasteiger partial charge in [-0.05, 0) is 70.2 Å². The van der Waals surface area contributed by atoms with E-state index in [0.717, 1.165) is 43.4 Å². The first-order valence-electron chi connectivity index (χ1n) is 12.1. The first kappa shape index (κ1) is 24.2. The van der Waals surface area contributed by atoms with E-state index in [1.807, 2.05) is 0 Å². The monoisotopic (exact) mass is 509 g/mol. The molecule has 1 fully saturated rings. The molecule has 0 saturated heterocycles. The molecular formula is C26H27N3O6S. The van der Waals surface area contributed by atoms with Gasteiger partial charge in [-0.2, -0.15) is 0 Å². The fourth-order valence-corrected chi connectivity index (χ4v) is 5.75. The summed E-state index contributed by atoms with van der Waals surface area (Å²) >= 11 is 1.14. The number of nitrogens with one attached hydrogen (secondary N) is 1. The second-order valence-corrected chi connectivity index (χ2v) is 10.4. The molecule has 1 aliphatic carbocycles. The average molecular weight is 510 g/mol. The molecule has 2 atom stereocenters. The van der Waals surface area contributed by atoms with Gasteiger partial charge in [0.15, 0.2) is 11.9 Å². The van der Waals surface area contributed by atoms with E-state index in [1.54, 1.807) is 39.0 Å². The molecule has 1 saturated carbocycles. The molecule has 5 rings (SSSR count). The van der Waals surface area contributed by atoms with Crippen molar-refractivity contribution in [3.8, 4) is 5.75 Å². The summed E-state index contributed by atoms with van der Waals surface area (Å²) in [5, 5.41) is 3.05. The van der Waals surface area contributed by atoms with Gasteiger partial charge in [-0.25, -0.2) is 9.78 Å². The number of carbonyl (C=O) groups is 3. The summed E-state index contributed by atoms with van der Waals surface area (Å²) in [7, 11) is 0. The van der Waals surface area contributed by atoms with Crippen molar-refractivity contribution in [1.82, 2.24) is 9.55 Å². The number of carbonyl (C=O) groups excluding carboxylic acids is 3.